The third kappa shape index (κ3) is 5.26. The predicted molar refractivity (Wildman–Crippen MR) is 142 cm³/mol. The van der Waals surface area contributed by atoms with E-state index in [1.165, 1.54) is 27.8 Å². The molecule has 2 heterocycles. The van der Waals surface area contributed by atoms with Crippen LogP contribution in [0, 0.1) is 11.7 Å². The number of amides is 4. The lowest BCUT2D eigenvalue weighted by molar-refractivity contribution is -0.142. The summed E-state index contributed by atoms with van der Waals surface area (Å²) in [6.07, 6.45) is 2.72. The highest BCUT2D eigenvalue weighted by Crippen LogP contribution is 2.48. The van der Waals surface area contributed by atoms with Crippen LogP contribution < -0.4 is 16.4 Å². The zero-order chi connectivity index (χ0) is 27.8. The number of urea groups is 1. The van der Waals surface area contributed by atoms with E-state index >= 15 is 0 Å². The summed E-state index contributed by atoms with van der Waals surface area (Å²) >= 11 is 5.83. The quantitative estimate of drug-likeness (QED) is 0.381. The molecule has 2 fully saturated rings. The van der Waals surface area contributed by atoms with Gasteiger partial charge in [0.2, 0.25) is 5.91 Å². The lowest BCUT2D eigenvalue weighted by Crippen LogP contribution is -2.49. The Labute approximate surface area is 228 Å². The molecule has 12 heteroatoms. The number of anilines is 1. The van der Waals surface area contributed by atoms with E-state index in [0.717, 1.165) is 6.42 Å². The van der Waals surface area contributed by atoms with Crippen LogP contribution in [0.4, 0.5) is 19.7 Å². The van der Waals surface area contributed by atoms with Crippen molar-refractivity contribution in [2.45, 2.75) is 44.8 Å². The third-order valence-electron chi connectivity index (χ3n) is 7.13. The normalized spacial score (nSPS) is 19.5. The van der Waals surface area contributed by atoms with Crippen LogP contribution in [0.15, 0.2) is 42.6 Å². The summed E-state index contributed by atoms with van der Waals surface area (Å²) in [5.74, 6) is -1.18. The first kappa shape index (κ1) is 26.5. The van der Waals surface area contributed by atoms with Crippen molar-refractivity contribution < 1.29 is 28.3 Å². The van der Waals surface area contributed by atoms with Crippen LogP contribution in [0.25, 0.3) is 10.9 Å². The van der Waals surface area contributed by atoms with Gasteiger partial charge in [0.05, 0.1) is 29.3 Å². The molecule has 4 amide bonds. The minimum Gasteiger partial charge on any atom is -0.466 e. The van der Waals surface area contributed by atoms with Crippen molar-refractivity contribution in [1.29, 1.82) is 0 Å². The number of nitrogens with two attached hydrogens (primary N) is 1. The monoisotopic (exact) mass is 555 g/mol. The fourth-order valence-electron chi connectivity index (χ4n) is 5.19. The van der Waals surface area contributed by atoms with Gasteiger partial charge in [0.25, 0.3) is 0 Å². The van der Waals surface area contributed by atoms with Gasteiger partial charge in [0, 0.05) is 29.7 Å². The maximum atomic E-state index is 14.2. The molecule has 10 nitrogen and oxygen atoms in total. The number of likely N-dealkylation sites (tertiary alicyclic amines) is 1. The topological polar surface area (TPSA) is 136 Å². The summed E-state index contributed by atoms with van der Waals surface area (Å²) in [5.41, 5.74) is 7.18. The van der Waals surface area contributed by atoms with E-state index in [2.05, 4.69) is 10.6 Å². The van der Waals surface area contributed by atoms with Gasteiger partial charge in [-0.1, -0.05) is 35.9 Å². The number of hydrogen-bond acceptors (Lipinski definition) is 5. The molecular formula is C27H27ClFN5O5. The van der Waals surface area contributed by atoms with E-state index < -0.39 is 29.9 Å². The Morgan fingerprint density at radius 1 is 1.18 bits per heavy atom. The number of nitrogens with zero attached hydrogens (tertiary/aromatic N) is 2. The largest absolute Gasteiger partial charge is 0.466 e. The van der Waals surface area contributed by atoms with Gasteiger partial charge in [-0.2, -0.15) is 0 Å². The SMILES string of the molecule is CCOC(=O)Cc1ccc2c(NC(=O)N3[C@@H]4CC4C[C@H]3C(=O)NCc3cccc(Cl)c3F)cn(C(N)=O)c2c1. The number of primary amides is 1. The molecule has 1 aliphatic carbocycles. The van der Waals surface area contributed by atoms with Crippen LogP contribution in [-0.2, 0) is 27.3 Å². The number of benzene rings is 2. The van der Waals surface area contributed by atoms with Gasteiger partial charge >= 0.3 is 18.0 Å². The Bertz CT molecular complexity index is 1490. The summed E-state index contributed by atoms with van der Waals surface area (Å²) in [6.45, 7) is 1.91. The maximum Gasteiger partial charge on any atom is 0.323 e. The second-order valence-corrected chi connectivity index (χ2v) is 10.1. The number of piperidine rings is 1. The molecule has 1 aromatic heterocycles. The molecule has 1 saturated carbocycles. The molecule has 2 aliphatic rings. The minimum atomic E-state index is -0.761. The molecule has 1 unspecified atom stereocenters. The Kier molecular flexibility index (Phi) is 7.17. The van der Waals surface area contributed by atoms with Crippen LogP contribution in [0.1, 0.15) is 30.9 Å². The molecule has 1 saturated heterocycles. The average Bonchev–Trinajstić information content (AvgIpc) is 3.40. The first-order valence-electron chi connectivity index (χ1n) is 12.6. The second kappa shape index (κ2) is 10.6. The lowest BCUT2D eigenvalue weighted by Gasteiger charge is -2.27. The number of esters is 1. The Morgan fingerprint density at radius 3 is 2.72 bits per heavy atom. The molecule has 0 bridgehead atoms. The first-order valence-corrected chi connectivity index (χ1v) is 12.9. The highest BCUT2D eigenvalue weighted by Gasteiger charge is 2.56. The summed E-state index contributed by atoms with van der Waals surface area (Å²) in [4.78, 5) is 52.0. The molecule has 2 aromatic carbocycles. The van der Waals surface area contributed by atoms with E-state index in [9.17, 15) is 23.6 Å². The number of carbonyl (C=O) groups excluding carboxylic acids is 4. The Balaban J connectivity index is 1.33. The van der Waals surface area contributed by atoms with E-state index in [0.29, 0.717) is 28.6 Å². The average molecular weight is 556 g/mol. The first-order chi connectivity index (χ1) is 18.7. The van der Waals surface area contributed by atoms with E-state index in [-0.39, 0.29) is 48.0 Å². The lowest BCUT2D eigenvalue weighted by atomic mass is 10.1. The van der Waals surface area contributed by atoms with Gasteiger partial charge in [0.1, 0.15) is 11.9 Å². The standard InChI is InChI=1S/C27H27ClFN5O5/c1-2-39-23(35)9-14-6-7-17-19(13-33(26(30)37)21(17)8-14)32-27(38)34-20-10-16(20)11-22(34)25(36)31-12-15-4-3-5-18(28)24(15)29/h3-8,13,16,20,22H,2,9-12H2,1H3,(H2,30,37)(H,31,36)(H,32,38)/t16?,20-,22+/m1/s1. The van der Waals surface area contributed by atoms with Crippen LogP contribution in [0.3, 0.4) is 0 Å². The number of nitrogens with one attached hydrogen (secondary N) is 2. The number of fused-ring (bicyclic) bond motifs is 2. The van der Waals surface area contributed by atoms with Gasteiger partial charge in [-0.25, -0.2) is 14.0 Å². The molecular weight excluding hydrogens is 529 g/mol. The van der Waals surface area contributed by atoms with Gasteiger partial charge < -0.3 is 26.0 Å². The van der Waals surface area contributed by atoms with Crippen molar-refractivity contribution in [2.75, 3.05) is 11.9 Å². The highest BCUT2D eigenvalue weighted by molar-refractivity contribution is 6.30. The van der Waals surface area contributed by atoms with Gasteiger partial charge in [-0.3, -0.25) is 14.2 Å². The van der Waals surface area contributed by atoms with E-state index in [1.807, 2.05) is 0 Å². The van der Waals surface area contributed by atoms with Crippen LogP contribution in [0.5, 0.6) is 0 Å². The maximum absolute atomic E-state index is 14.2. The smallest absolute Gasteiger partial charge is 0.323 e. The van der Waals surface area contributed by atoms with Gasteiger partial charge in [-0.05, 0) is 43.4 Å². The fourth-order valence-corrected chi connectivity index (χ4v) is 5.38. The predicted octanol–water partition coefficient (Wildman–Crippen LogP) is 3.78. The van der Waals surface area contributed by atoms with Crippen molar-refractivity contribution in [3.8, 4) is 0 Å². The molecule has 3 atom stereocenters. The fraction of sp³-hybridized carbons (Fsp3) is 0.333. The van der Waals surface area contributed by atoms with Crippen molar-refractivity contribution in [3.05, 3.63) is 64.6 Å². The Morgan fingerprint density at radius 2 is 1.97 bits per heavy atom. The molecule has 39 heavy (non-hydrogen) atoms. The van der Waals surface area contributed by atoms with Crippen molar-refractivity contribution in [1.82, 2.24) is 14.8 Å². The van der Waals surface area contributed by atoms with E-state index in [1.54, 1.807) is 31.2 Å². The van der Waals surface area contributed by atoms with Gasteiger partial charge in [0.15, 0.2) is 0 Å². The molecule has 4 N–H and O–H groups in total. The van der Waals surface area contributed by atoms with Crippen molar-refractivity contribution >= 4 is 52.1 Å². The molecule has 3 aromatic rings. The molecule has 5 rings (SSSR count). The van der Waals surface area contributed by atoms with Crippen molar-refractivity contribution in [3.63, 3.8) is 0 Å². The summed E-state index contributed by atoms with van der Waals surface area (Å²) in [7, 11) is 0. The van der Waals surface area contributed by atoms with Crippen molar-refractivity contribution in [2.24, 2.45) is 11.7 Å². The summed E-state index contributed by atoms with van der Waals surface area (Å²) in [5, 5.41) is 6.05. The zero-order valence-electron chi connectivity index (χ0n) is 21.1. The Hall–Kier alpha value is -4.12. The van der Waals surface area contributed by atoms with E-state index in [4.69, 9.17) is 22.1 Å². The zero-order valence-corrected chi connectivity index (χ0v) is 21.8. The van der Waals surface area contributed by atoms with Crippen LogP contribution in [0.2, 0.25) is 5.02 Å². The number of carbonyl (C=O) groups is 4. The second-order valence-electron chi connectivity index (χ2n) is 9.67. The molecule has 204 valence electrons. The summed E-state index contributed by atoms with van der Waals surface area (Å²) < 4.78 is 20.4. The number of hydrogen-bond donors (Lipinski definition) is 3. The number of ether oxygens (including phenoxy) is 1. The summed E-state index contributed by atoms with van der Waals surface area (Å²) in [6, 6.07) is 7.53. The minimum absolute atomic E-state index is 0.0160. The molecule has 0 spiro atoms. The number of aromatic nitrogens is 1. The van der Waals surface area contributed by atoms with Gasteiger partial charge in [-0.15, -0.1) is 0 Å². The number of halogens is 2. The number of rotatable bonds is 7. The highest BCUT2D eigenvalue weighted by atomic mass is 35.5. The van der Waals surface area contributed by atoms with Crippen LogP contribution in [-0.4, -0.2) is 52.1 Å². The molecule has 1 aliphatic heterocycles. The van der Waals surface area contributed by atoms with Crippen LogP contribution >= 0.6 is 11.6 Å². The molecule has 0 radical (unpaired) electrons. The third-order valence-corrected chi connectivity index (χ3v) is 7.42.